The number of hydrogen-bond acceptors (Lipinski definition) is 3. The minimum atomic E-state index is 0.574. The zero-order chi connectivity index (χ0) is 13.2. The summed E-state index contributed by atoms with van der Waals surface area (Å²) in [5.74, 6) is 1.59. The lowest BCUT2D eigenvalue weighted by Crippen LogP contribution is -2.04. The Balaban J connectivity index is 2.06. The van der Waals surface area contributed by atoms with Crippen molar-refractivity contribution < 1.29 is 0 Å². The minimum Gasteiger partial charge on any atom is -0.323 e. The van der Waals surface area contributed by atoms with Crippen LogP contribution >= 0.6 is 38.9 Å². The Morgan fingerprint density at radius 2 is 2.21 bits per heavy atom. The molecule has 0 bridgehead atoms. The summed E-state index contributed by atoms with van der Waals surface area (Å²) in [4.78, 5) is 10.0. The number of alkyl halides is 1. The fraction of sp³-hybridized carbons (Fsp3) is 0.231. The first-order valence-corrected chi connectivity index (χ1v) is 8.01. The second-order valence-electron chi connectivity index (χ2n) is 4.12. The average molecular weight is 357 g/mol. The molecular weight excluding hydrogens is 346 g/mol. The lowest BCUT2D eigenvalue weighted by atomic mass is 10.3. The van der Waals surface area contributed by atoms with Crippen molar-refractivity contribution in [3.8, 4) is 0 Å². The topological polar surface area (TPSA) is 30.7 Å². The van der Waals surface area contributed by atoms with Crippen LogP contribution in [0.2, 0.25) is 0 Å². The molecule has 0 aliphatic rings. The Morgan fingerprint density at radius 3 is 2.95 bits per heavy atom. The summed E-state index contributed by atoms with van der Waals surface area (Å²) in [6, 6.07) is 6.21. The van der Waals surface area contributed by atoms with E-state index < -0.39 is 0 Å². The van der Waals surface area contributed by atoms with E-state index in [0.717, 1.165) is 33.6 Å². The number of rotatable bonds is 4. The van der Waals surface area contributed by atoms with Crippen molar-refractivity contribution in [2.24, 2.45) is 0 Å². The predicted octanol–water partition coefficient (Wildman–Crippen LogP) is 4.08. The molecule has 0 saturated carbocycles. The highest BCUT2D eigenvalue weighted by Gasteiger charge is 2.11. The molecule has 3 nitrogen and oxygen atoms in total. The summed E-state index contributed by atoms with van der Waals surface area (Å²) in [5, 5.41) is 0. The van der Waals surface area contributed by atoms with Gasteiger partial charge in [-0.3, -0.25) is 4.98 Å². The quantitative estimate of drug-likeness (QED) is 0.659. The van der Waals surface area contributed by atoms with Crippen LogP contribution in [0.25, 0.3) is 11.0 Å². The van der Waals surface area contributed by atoms with E-state index in [1.165, 1.54) is 4.88 Å². The number of aromatic nitrogens is 3. The molecule has 0 N–H and O–H groups in total. The Bertz CT molecular complexity index is 707. The van der Waals surface area contributed by atoms with E-state index in [-0.39, 0.29) is 0 Å². The van der Waals surface area contributed by atoms with Gasteiger partial charge >= 0.3 is 0 Å². The largest absolute Gasteiger partial charge is 0.323 e. The SMILES string of the molecule is ClCCc1nc2cnccc2n1Cc1ccc(Br)s1. The van der Waals surface area contributed by atoms with Gasteiger partial charge in [0.05, 0.1) is 22.0 Å². The average Bonchev–Trinajstić information content (AvgIpc) is 2.96. The van der Waals surface area contributed by atoms with Gasteiger partial charge in [-0.15, -0.1) is 22.9 Å². The van der Waals surface area contributed by atoms with Gasteiger partial charge in [0.25, 0.3) is 0 Å². The van der Waals surface area contributed by atoms with Crippen LogP contribution in [0.1, 0.15) is 10.7 Å². The molecule has 0 aliphatic carbocycles. The van der Waals surface area contributed by atoms with E-state index in [2.05, 4.69) is 42.6 Å². The zero-order valence-corrected chi connectivity index (χ0v) is 13.2. The van der Waals surface area contributed by atoms with Gasteiger partial charge in [-0.05, 0) is 34.1 Å². The first-order chi connectivity index (χ1) is 9.28. The summed E-state index contributed by atoms with van der Waals surface area (Å²) < 4.78 is 3.37. The maximum Gasteiger partial charge on any atom is 0.111 e. The third-order valence-corrected chi connectivity index (χ3v) is 4.69. The monoisotopic (exact) mass is 355 g/mol. The van der Waals surface area contributed by atoms with Crippen LogP contribution in [0.3, 0.4) is 0 Å². The maximum absolute atomic E-state index is 5.87. The molecule has 3 rings (SSSR count). The second kappa shape index (κ2) is 5.61. The lowest BCUT2D eigenvalue weighted by molar-refractivity contribution is 0.763. The molecule has 0 atom stereocenters. The summed E-state index contributed by atoms with van der Waals surface area (Å²) in [6.45, 7) is 0.822. The standard InChI is InChI=1S/C13H11BrClN3S/c14-12-2-1-9(19-12)8-18-11-4-6-16-7-10(11)17-13(18)3-5-15/h1-2,4,6-7H,3,5,8H2. The number of fused-ring (bicyclic) bond motifs is 1. The molecule has 0 saturated heterocycles. The number of thiophene rings is 1. The molecule has 0 radical (unpaired) electrons. The van der Waals surface area contributed by atoms with E-state index in [9.17, 15) is 0 Å². The summed E-state index contributed by atoms with van der Waals surface area (Å²) in [6.07, 6.45) is 4.37. The van der Waals surface area contributed by atoms with E-state index in [4.69, 9.17) is 11.6 Å². The highest BCUT2D eigenvalue weighted by molar-refractivity contribution is 9.11. The molecule has 19 heavy (non-hydrogen) atoms. The van der Waals surface area contributed by atoms with E-state index in [1.54, 1.807) is 23.7 Å². The van der Waals surface area contributed by atoms with Crippen molar-refractivity contribution in [2.75, 3.05) is 5.88 Å². The molecule has 0 spiro atoms. The molecule has 6 heteroatoms. The number of nitrogens with zero attached hydrogens (tertiary/aromatic N) is 3. The van der Waals surface area contributed by atoms with Gasteiger partial charge in [0.2, 0.25) is 0 Å². The Hall–Kier alpha value is -0.910. The fourth-order valence-corrected chi connectivity index (χ4v) is 3.72. The van der Waals surface area contributed by atoms with Gasteiger partial charge in [-0.25, -0.2) is 4.98 Å². The van der Waals surface area contributed by atoms with Crippen LogP contribution in [0.4, 0.5) is 0 Å². The number of imidazole rings is 1. The van der Waals surface area contributed by atoms with E-state index in [0.29, 0.717) is 5.88 Å². The molecule has 0 fully saturated rings. The van der Waals surface area contributed by atoms with Crippen LogP contribution in [-0.2, 0) is 13.0 Å². The molecular formula is C13H11BrClN3S. The molecule has 98 valence electrons. The number of halogens is 2. The Kier molecular flexibility index (Phi) is 3.86. The van der Waals surface area contributed by atoms with E-state index in [1.807, 2.05) is 6.07 Å². The van der Waals surface area contributed by atoms with Gasteiger partial charge in [-0.2, -0.15) is 0 Å². The van der Waals surface area contributed by atoms with Crippen molar-refractivity contribution >= 4 is 49.9 Å². The van der Waals surface area contributed by atoms with Crippen molar-refractivity contribution in [1.29, 1.82) is 0 Å². The molecule has 0 aliphatic heterocycles. The van der Waals surface area contributed by atoms with Crippen LogP contribution in [0.5, 0.6) is 0 Å². The van der Waals surface area contributed by atoms with Gasteiger partial charge in [0.15, 0.2) is 0 Å². The number of hydrogen-bond donors (Lipinski definition) is 0. The van der Waals surface area contributed by atoms with Crippen molar-refractivity contribution in [1.82, 2.24) is 14.5 Å². The first kappa shape index (κ1) is 13.1. The molecule has 0 amide bonds. The van der Waals surface area contributed by atoms with Crippen molar-refractivity contribution in [3.63, 3.8) is 0 Å². The molecule has 3 heterocycles. The lowest BCUT2D eigenvalue weighted by Gasteiger charge is -2.06. The minimum absolute atomic E-state index is 0.574. The number of aryl methyl sites for hydroxylation is 1. The molecule has 3 aromatic rings. The third-order valence-electron chi connectivity index (χ3n) is 2.89. The van der Waals surface area contributed by atoms with Gasteiger partial charge in [0.1, 0.15) is 11.3 Å². The highest BCUT2D eigenvalue weighted by atomic mass is 79.9. The van der Waals surface area contributed by atoms with Gasteiger partial charge in [0, 0.05) is 23.4 Å². The maximum atomic E-state index is 5.87. The fourth-order valence-electron chi connectivity index (χ4n) is 2.08. The van der Waals surface area contributed by atoms with E-state index >= 15 is 0 Å². The predicted molar refractivity (Wildman–Crippen MR) is 83.1 cm³/mol. The van der Waals surface area contributed by atoms with Crippen LogP contribution in [0.15, 0.2) is 34.4 Å². The van der Waals surface area contributed by atoms with Gasteiger partial charge in [-0.1, -0.05) is 0 Å². The van der Waals surface area contributed by atoms with Crippen molar-refractivity contribution in [2.45, 2.75) is 13.0 Å². The zero-order valence-electron chi connectivity index (χ0n) is 10.0. The Labute approximate surface area is 128 Å². The molecule has 0 unspecified atom stereocenters. The second-order valence-corrected chi connectivity index (χ2v) is 7.05. The molecule has 3 aromatic heterocycles. The van der Waals surface area contributed by atoms with Crippen molar-refractivity contribution in [3.05, 3.63) is 45.1 Å². The summed E-state index contributed by atoms with van der Waals surface area (Å²) in [5.41, 5.74) is 2.04. The van der Waals surface area contributed by atoms with Gasteiger partial charge < -0.3 is 4.57 Å². The summed E-state index contributed by atoms with van der Waals surface area (Å²) >= 11 is 11.1. The first-order valence-electron chi connectivity index (χ1n) is 5.87. The smallest absolute Gasteiger partial charge is 0.111 e. The number of pyridine rings is 1. The third kappa shape index (κ3) is 2.68. The molecule has 0 aromatic carbocycles. The van der Waals surface area contributed by atoms with Crippen LogP contribution in [0, 0.1) is 0 Å². The Morgan fingerprint density at radius 1 is 1.32 bits per heavy atom. The summed E-state index contributed by atoms with van der Waals surface area (Å²) in [7, 11) is 0. The normalized spacial score (nSPS) is 11.3. The highest BCUT2D eigenvalue weighted by Crippen LogP contribution is 2.25. The van der Waals surface area contributed by atoms with Crippen LogP contribution < -0.4 is 0 Å². The van der Waals surface area contributed by atoms with Crippen LogP contribution in [-0.4, -0.2) is 20.4 Å².